The molecule has 0 aliphatic heterocycles. The number of aromatic nitrogens is 1. The zero-order valence-electron chi connectivity index (χ0n) is 12.7. The zero-order valence-corrected chi connectivity index (χ0v) is 12.7. The smallest absolute Gasteiger partial charge is 0.277 e. The fourth-order valence-electron chi connectivity index (χ4n) is 2.50. The highest BCUT2D eigenvalue weighted by atomic mass is 16.7. The van der Waals surface area contributed by atoms with Crippen LogP contribution in [0.3, 0.4) is 0 Å². The first kappa shape index (κ1) is 14.4. The van der Waals surface area contributed by atoms with Gasteiger partial charge in [0, 0.05) is 30.9 Å². The van der Waals surface area contributed by atoms with Crippen molar-refractivity contribution in [3.05, 3.63) is 71.9 Å². The van der Waals surface area contributed by atoms with Gasteiger partial charge >= 0.3 is 0 Å². The Morgan fingerprint density at radius 3 is 2.64 bits per heavy atom. The van der Waals surface area contributed by atoms with Gasteiger partial charge in [-0.25, -0.2) is 5.06 Å². The van der Waals surface area contributed by atoms with Crippen molar-refractivity contribution in [2.45, 2.75) is 6.54 Å². The van der Waals surface area contributed by atoms with Crippen LogP contribution in [0.4, 0.5) is 0 Å². The van der Waals surface area contributed by atoms with Crippen LogP contribution in [0.5, 0.6) is 0 Å². The Balaban J connectivity index is 1.97. The molecule has 0 atom stereocenters. The number of carbonyl (C=O) groups excluding carboxylic acids is 1. The van der Waals surface area contributed by atoms with Crippen molar-refractivity contribution in [2.24, 2.45) is 0 Å². The third-order valence-corrected chi connectivity index (χ3v) is 3.78. The predicted molar refractivity (Wildman–Crippen MR) is 86.6 cm³/mol. The van der Waals surface area contributed by atoms with Crippen molar-refractivity contribution in [3.8, 4) is 0 Å². The maximum atomic E-state index is 12.2. The predicted octanol–water partition coefficient (Wildman–Crippen LogP) is 3.32. The van der Waals surface area contributed by atoms with Gasteiger partial charge in [-0.1, -0.05) is 36.4 Å². The zero-order chi connectivity index (χ0) is 15.5. The molecule has 2 aromatic carbocycles. The molecule has 4 heteroatoms. The van der Waals surface area contributed by atoms with E-state index in [1.807, 2.05) is 42.6 Å². The summed E-state index contributed by atoms with van der Waals surface area (Å²) < 4.78 is 2.15. The Hall–Kier alpha value is -2.59. The van der Waals surface area contributed by atoms with Crippen molar-refractivity contribution in [3.63, 3.8) is 0 Å². The van der Waals surface area contributed by atoms with E-state index >= 15 is 0 Å². The van der Waals surface area contributed by atoms with E-state index < -0.39 is 0 Å². The van der Waals surface area contributed by atoms with E-state index in [2.05, 4.69) is 22.8 Å². The minimum Gasteiger partial charge on any atom is -0.343 e. The van der Waals surface area contributed by atoms with Gasteiger partial charge in [0.05, 0.1) is 7.11 Å². The Kier molecular flexibility index (Phi) is 3.94. The summed E-state index contributed by atoms with van der Waals surface area (Å²) in [6, 6.07) is 18.0. The Labute approximate surface area is 129 Å². The van der Waals surface area contributed by atoms with E-state index in [9.17, 15) is 4.79 Å². The molecule has 0 spiro atoms. The summed E-state index contributed by atoms with van der Waals surface area (Å²) in [6.45, 7) is 0.780. The fourth-order valence-corrected chi connectivity index (χ4v) is 2.50. The van der Waals surface area contributed by atoms with Crippen LogP contribution in [0, 0.1) is 0 Å². The van der Waals surface area contributed by atoms with Gasteiger partial charge < -0.3 is 4.57 Å². The number of benzene rings is 2. The van der Waals surface area contributed by atoms with Gasteiger partial charge in [0.25, 0.3) is 5.91 Å². The highest BCUT2D eigenvalue weighted by molar-refractivity contribution is 5.97. The first-order valence-electron chi connectivity index (χ1n) is 7.14. The van der Waals surface area contributed by atoms with Crippen molar-refractivity contribution in [1.29, 1.82) is 0 Å². The van der Waals surface area contributed by atoms with E-state index in [1.54, 1.807) is 7.05 Å². The quantitative estimate of drug-likeness (QED) is 0.692. The normalized spacial score (nSPS) is 10.8. The van der Waals surface area contributed by atoms with Gasteiger partial charge in [0.1, 0.15) is 0 Å². The molecule has 1 aromatic heterocycles. The molecule has 0 bridgehead atoms. The maximum absolute atomic E-state index is 12.2. The first-order valence-corrected chi connectivity index (χ1v) is 7.14. The number of nitrogens with zero attached hydrogens (tertiary/aromatic N) is 2. The van der Waals surface area contributed by atoms with Crippen molar-refractivity contribution < 1.29 is 9.63 Å². The lowest BCUT2D eigenvalue weighted by molar-refractivity contribution is -0.0756. The average Bonchev–Trinajstić information content (AvgIpc) is 2.96. The van der Waals surface area contributed by atoms with Gasteiger partial charge in [-0.05, 0) is 29.1 Å². The number of carbonyl (C=O) groups is 1. The van der Waals surface area contributed by atoms with Crippen LogP contribution in [-0.2, 0) is 11.4 Å². The van der Waals surface area contributed by atoms with Crippen LogP contribution in [0.15, 0.2) is 60.8 Å². The Bertz CT molecular complexity index is 793. The lowest BCUT2D eigenvalue weighted by atomic mass is 10.1. The molecule has 0 unspecified atom stereocenters. The number of hydroxylamine groups is 2. The highest BCUT2D eigenvalue weighted by Gasteiger charge is 2.13. The summed E-state index contributed by atoms with van der Waals surface area (Å²) in [6.07, 6.45) is 2.05. The monoisotopic (exact) mass is 294 g/mol. The second-order valence-electron chi connectivity index (χ2n) is 5.19. The first-order chi connectivity index (χ1) is 10.7. The van der Waals surface area contributed by atoms with Crippen LogP contribution in [0.25, 0.3) is 10.9 Å². The second kappa shape index (κ2) is 6.03. The van der Waals surface area contributed by atoms with Crippen LogP contribution in [0.2, 0.25) is 0 Å². The third-order valence-electron chi connectivity index (χ3n) is 3.78. The number of rotatable bonds is 4. The van der Waals surface area contributed by atoms with Crippen molar-refractivity contribution in [1.82, 2.24) is 9.63 Å². The van der Waals surface area contributed by atoms with Crippen LogP contribution in [0.1, 0.15) is 15.9 Å². The minimum atomic E-state index is -0.156. The molecule has 0 N–H and O–H groups in total. The molecule has 3 rings (SSSR count). The second-order valence-corrected chi connectivity index (χ2v) is 5.19. The summed E-state index contributed by atoms with van der Waals surface area (Å²) in [7, 11) is 3.09. The van der Waals surface area contributed by atoms with Crippen LogP contribution < -0.4 is 0 Å². The molecule has 0 aliphatic carbocycles. The molecule has 112 valence electrons. The average molecular weight is 294 g/mol. The molecule has 0 radical (unpaired) electrons. The summed E-state index contributed by atoms with van der Waals surface area (Å²) >= 11 is 0. The van der Waals surface area contributed by atoms with E-state index in [1.165, 1.54) is 17.7 Å². The number of hydrogen-bond donors (Lipinski definition) is 0. The molecule has 0 saturated carbocycles. The van der Waals surface area contributed by atoms with E-state index in [0.717, 1.165) is 17.4 Å². The molecule has 3 aromatic rings. The standard InChI is InChI=1S/C18H18N2O2/c1-19(22-2)18(21)16-9-8-15-10-11-20(17(15)12-16)13-14-6-4-3-5-7-14/h3-12H,13H2,1-2H3. The summed E-state index contributed by atoms with van der Waals surface area (Å²) in [5, 5.41) is 2.35. The molecular weight excluding hydrogens is 276 g/mol. The molecule has 4 nitrogen and oxygen atoms in total. The molecule has 0 fully saturated rings. The molecule has 22 heavy (non-hydrogen) atoms. The molecule has 0 saturated heterocycles. The van der Waals surface area contributed by atoms with Gasteiger partial charge in [-0.2, -0.15) is 0 Å². The summed E-state index contributed by atoms with van der Waals surface area (Å²) in [4.78, 5) is 17.2. The van der Waals surface area contributed by atoms with Gasteiger partial charge in [0.2, 0.25) is 0 Å². The lowest BCUT2D eigenvalue weighted by Crippen LogP contribution is -2.25. The Morgan fingerprint density at radius 2 is 1.91 bits per heavy atom. The maximum Gasteiger partial charge on any atom is 0.277 e. The highest BCUT2D eigenvalue weighted by Crippen LogP contribution is 2.20. The minimum absolute atomic E-state index is 0.156. The number of hydrogen-bond acceptors (Lipinski definition) is 2. The van der Waals surface area contributed by atoms with E-state index in [4.69, 9.17) is 4.84 Å². The van der Waals surface area contributed by atoms with Crippen LogP contribution in [-0.4, -0.2) is 29.7 Å². The molecule has 1 amide bonds. The van der Waals surface area contributed by atoms with Crippen LogP contribution >= 0.6 is 0 Å². The summed E-state index contributed by atoms with van der Waals surface area (Å²) in [5.41, 5.74) is 2.88. The van der Waals surface area contributed by atoms with Gasteiger partial charge in [-0.3, -0.25) is 9.63 Å². The topological polar surface area (TPSA) is 34.5 Å². The van der Waals surface area contributed by atoms with Gasteiger partial charge in [0.15, 0.2) is 0 Å². The van der Waals surface area contributed by atoms with Crippen molar-refractivity contribution in [2.75, 3.05) is 14.2 Å². The van der Waals surface area contributed by atoms with Crippen molar-refractivity contribution >= 4 is 16.8 Å². The number of amides is 1. The Morgan fingerprint density at radius 1 is 1.14 bits per heavy atom. The molecule has 0 aliphatic rings. The fraction of sp³-hybridized carbons (Fsp3) is 0.167. The largest absolute Gasteiger partial charge is 0.343 e. The van der Waals surface area contributed by atoms with Gasteiger partial charge in [-0.15, -0.1) is 0 Å². The summed E-state index contributed by atoms with van der Waals surface area (Å²) in [5.74, 6) is -0.156. The van der Waals surface area contributed by atoms with E-state index in [0.29, 0.717) is 5.56 Å². The molecule has 1 heterocycles. The SMILES string of the molecule is CON(C)C(=O)c1ccc2ccn(Cc3ccccc3)c2c1. The molecular formula is C18H18N2O2. The van der Waals surface area contributed by atoms with E-state index in [-0.39, 0.29) is 5.91 Å². The lowest BCUT2D eigenvalue weighted by Gasteiger charge is -2.14. The number of fused-ring (bicyclic) bond motifs is 1. The third kappa shape index (κ3) is 2.73.